The Morgan fingerprint density at radius 1 is 0.442 bits per heavy atom. The van der Waals surface area contributed by atoms with Crippen molar-refractivity contribution in [3.8, 4) is 56.4 Å². The highest BCUT2D eigenvalue weighted by Crippen LogP contribution is 2.41. The second-order valence-electron chi connectivity index (χ2n) is 9.30. The van der Waals surface area contributed by atoms with E-state index in [0.29, 0.717) is 11.1 Å². The Morgan fingerprint density at radius 3 is 1.65 bits per heavy atom. The van der Waals surface area contributed by atoms with Crippen LogP contribution in [0.15, 0.2) is 151 Å². The summed E-state index contributed by atoms with van der Waals surface area (Å²) >= 11 is 0.815. The van der Waals surface area contributed by atoms with E-state index in [0.717, 1.165) is 11.3 Å². The van der Waals surface area contributed by atoms with Crippen molar-refractivity contribution in [2.24, 2.45) is 0 Å². The van der Waals surface area contributed by atoms with E-state index in [-0.39, 0.29) is 54.8 Å². The molecule has 0 saturated heterocycles. The third-order valence-electron chi connectivity index (χ3n) is 6.61. The van der Waals surface area contributed by atoms with Crippen molar-refractivity contribution in [3.05, 3.63) is 151 Å². The van der Waals surface area contributed by atoms with Gasteiger partial charge in [0, 0.05) is 36.9 Å². The third kappa shape index (κ3) is 4.78. The summed E-state index contributed by atoms with van der Waals surface area (Å²) in [5, 5.41) is -0.170. The number of aromatic nitrogens is 3. The summed E-state index contributed by atoms with van der Waals surface area (Å²) < 4.78 is 132. The second-order valence-corrected chi connectivity index (χ2v) is 10.3. The van der Waals surface area contributed by atoms with Crippen molar-refractivity contribution in [1.82, 2.24) is 15.0 Å². The third-order valence-corrected chi connectivity index (χ3v) is 7.73. The molecule has 0 N–H and O–H groups in total. The van der Waals surface area contributed by atoms with Gasteiger partial charge < -0.3 is 0 Å². The fraction of sp³-hybridized carbons (Fsp3) is 0. The van der Waals surface area contributed by atoms with E-state index in [2.05, 4.69) is 15.0 Å². The molecule has 43 heavy (non-hydrogen) atoms. The van der Waals surface area contributed by atoms with E-state index in [1.165, 1.54) is 0 Å². The van der Waals surface area contributed by atoms with Crippen LogP contribution in [0.5, 0.6) is 0 Å². The quantitative estimate of drug-likeness (QED) is 0.203. The molecule has 0 aliphatic heterocycles. The van der Waals surface area contributed by atoms with Gasteiger partial charge in [0.25, 0.3) is 0 Å². The van der Waals surface area contributed by atoms with E-state index in [9.17, 15) is 4.11 Å². The molecule has 0 aliphatic rings. The molecule has 0 atom stereocenters. The molecule has 2 heterocycles. The summed E-state index contributed by atoms with van der Waals surface area (Å²) in [5.74, 6) is 0.414. The maximum Gasteiger partial charge on any atom is 0.164 e. The van der Waals surface area contributed by atoms with Gasteiger partial charge in [-0.1, -0.05) is 145 Å². The monoisotopic (exact) mass is 582 g/mol. The maximum atomic E-state index is 9.45. The van der Waals surface area contributed by atoms with Gasteiger partial charge in [0.1, 0.15) is 0 Å². The highest BCUT2D eigenvalue weighted by Gasteiger charge is 2.15. The van der Waals surface area contributed by atoms with Crippen LogP contribution in [0.25, 0.3) is 76.6 Å². The van der Waals surface area contributed by atoms with Crippen LogP contribution in [0.2, 0.25) is 0 Å². The van der Waals surface area contributed by atoms with Crippen LogP contribution in [0, 0.1) is 0 Å². The van der Waals surface area contributed by atoms with E-state index < -0.39 is 101 Å². The summed E-state index contributed by atoms with van der Waals surface area (Å²) in [7, 11) is 0. The number of fused-ring (bicyclic) bond motifs is 3. The number of benzene rings is 6. The Balaban J connectivity index is 1.44. The van der Waals surface area contributed by atoms with E-state index in [4.69, 9.17) is 16.4 Å². The van der Waals surface area contributed by atoms with Gasteiger partial charge in [-0.2, -0.15) is 0 Å². The summed E-state index contributed by atoms with van der Waals surface area (Å²) in [6.45, 7) is 0. The molecule has 0 unspecified atom stereocenters. The molecule has 0 amide bonds. The Morgan fingerprint density at radius 2 is 1.00 bits per heavy atom. The molecular weight excluding hydrogens is 543 g/mol. The molecular formula is C39H25N3S. The largest absolute Gasteiger partial charge is 0.208 e. The normalized spacial score (nSPS) is 16.1. The molecule has 0 fully saturated rings. The molecule has 0 radical (unpaired) electrons. The lowest BCUT2D eigenvalue weighted by Gasteiger charge is -2.08. The van der Waals surface area contributed by atoms with E-state index >= 15 is 0 Å². The minimum Gasteiger partial charge on any atom is -0.208 e. The molecule has 0 bridgehead atoms. The van der Waals surface area contributed by atoms with E-state index in [1.807, 2.05) is 12.1 Å². The van der Waals surface area contributed by atoms with Crippen molar-refractivity contribution in [2.75, 3.05) is 0 Å². The second kappa shape index (κ2) is 10.8. The molecule has 2 aromatic heterocycles. The zero-order chi connectivity index (χ0) is 41.6. The molecule has 0 spiro atoms. The first-order chi connectivity index (χ1) is 27.6. The SMILES string of the molecule is [2H]c1c([2H])c([2H])c(-c2c([2H])c([2H])c(-c3c([2H])c([2H])c([2H])c4c3sc3c([2H])c(-c5nc(-c6ccccc6)nc(-c6ccccc6)n5)c([2H])c([2H])c34)c([2H])c2[2H])c([2H])c1[2H]. The summed E-state index contributed by atoms with van der Waals surface area (Å²) in [5.41, 5.74) is -0.754. The number of hydrogen-bond donors (Lipinski definition) is 0. The lowest BCUT2D eigenvalue weighted by molar-refractivity contribution is 1.07. The molecule has 202 valence electrons. The summed E-state index contributed by atoms with van der Waals surface area (Å²) in [6.07, 6.45) is 0. The topological polar surface area (TPSA) is 38.7 Å². The molecule has 3 nitrogen and oxygen atoms in total. The van der Waals surface area contributed by atoms with Crippen LogP contribution in [-0.4, -0.2) is 15.0 Å². The number of rotatable bonds is 5. The highest BCUT2D eigenvalue weighted by molar-refractivity contribution is 7.26. The first-order valence-electron chi connectivity index (χ1n) is 20.6. The Labute approximate surface area is 274 Å². The van der Waals surface area contributed by atoms with Crippen molar-refractivity contribution in [3.63, 3.8) is 0 Å². The van der Waals surface area contributed by atoms with E-state index in [1.54, 1.807) is 48.5 Å². The average Bonchev–Trinajstić information content (AvgIpc) is 3.64. The lowest BCUT2D eigenvalue weighted by Crippen LogP contribution is -1.99. The predicted octanol–water partition coefficient (Wildman–Crippen LogP) is 10.6. The molecule has 0 saturated carbocycles. The lowest BCUT2D eigenvalue weighted by atomic mass is 9.99. The standard InChI is InChI=1S/C39H25N3S/c1-4-11-26(12-5-1)27-19-21-28(22-20-27)32-17-10-18-34-33-24-23-31(25-35(33)43-36(32)34)39-41-37(29-13-6-2-7-14-29)40-38(42-39)30-15-8-3-9-16-30/h1-25H/i1D,4D,5D,10D,11D,12D,17D,18D,19D,20D,21D,22D,23D,24D,25D. The molecule has 8 aromatic rings. The molecule has 4 heteroatoms. The fourth-order valence-electron chi connectivity index (χ4n) is 4.56. The maximum absolute atomic E-state index is 9.45. The van der Waals surface area contributed by atoms with Crippen LogP contribution in [-0.2, 0) is 0 Å². The van der Waals surface area contributed by atoms with Gasteiger partial charge >= 0.3 is 0 Å². The zero-order valence-electron chi connectivity index (χ0n) is 37.0. The van der Waals surface area contributed by atoms with Crippen molar-refractivity contribution in [2.45, 2.75) is 0 Å². The zero-order valence-corrected chi connectivity index (χ0v) is 22.8. The molecule has 0 aliphatic carbocycles. The Hall–Kier alpha value is -5.45. The summed E-state index contributed by atoms with van der Waals surface area (Å²) in [4.78, 5) is 14.0. The first-order valence-corrected chi connectivity index (χ1v) is 13.9. The molecule has 8 rings (SSSR count). The first kappa shape index (κ1) is 14.1. The van der Waals surface area contributed by atoms with Crippen molar-refractivity contribution in [1.29, 1.82) is 0 Å². The average molecular weight is 583 g/mol. The summed E-state index contributed by atoms with van der Waals surface area (Å²) in [6, 6.07) is 8.27. The fourth-order valence-corrected chi connectivity index (χ4v) is 5.68. The van der Waals surface area contributed by atoms with Crippen LogP contribution in [0.1, 0.15) is 20.6 Å². The Kier molecular flexibility index (Phi) is 3.54. The van der Waals surface area contributed by atoms with Gasteiger partial charge in [0.05, 0.1) is 20.6 Å². The van der Waals surface area contributed by atoms with Crippen LogP contribution >= 0.6 is 11.3 Å². The van der Waals surface area contributed by atoms with Gasteiger partial charge in [0.15, 0.2) is 17.5 Å². The van der Waals surface area contributed by atoms with Gasteiger partial charge in [-0.3, -0.25) is 0 Å². The number of thiophene rings is 1. The van der Waals surface area contributed by atoms with Crippen LogP contribution in [0.3, 0.4) is 0 Å². The highest BCUT2D eigenvalue weighted by atomic mass is 32.1. The minimum absolute atomic E-state index is 0.0125. The predicted molar refractivity (Wildman–Crippen MR) is 180 cm³/mol. The minimum atomic E-state index is -0.777. The molecule has 6 aromatic carbocycles. The number of hydrogen-bond acceptors (Lipinski definition) is 4. The van der Waals surface area contributed by atoms with Crippen LogP contribution in [0.4, 0.5) is 0 Å². The smallest absolute Gasteiger partial charge is 0.164 e. The van der Waals surface area contributed by atoms with Gasteiger partial charge in [0.2, 0.25) is 0 Å². The van der Waals surface area contributed by atoms with Gasteiger partial charge in [-0.05, 0) is 28.3 Å². The van der Waals surface area contributed by atoms with Gasteiger partial charge in [-0.15, -0.1) is 11.3 Å². The van der Waals surface area contributed by atoms with Crippen molar-refractivity contribution < 1.29 is 20.6 Å². The van der Waals surface area contributed by atoms with Crippen LogP contribution < -0.4 is 0 Å². The number of nitrogens with zero attached hydrogens (tertiary/aromatic N) is 3. The Bertz CT molecular complexity index is 2950. The van der Waals surface area contributed by atoms with Crippen molar-refractivity contribution >= 4 is 31.5 Å². The van der Waals surface area contributed by atoms with Gasteiger partial charge in [-0.25, -0.2) is 15.0 Å².